The molecule has 0 radical (unpaired) electrons. The number of aromatic nitrogens is 1. The molecule has 0 bridgehead atoms. The molecule has 0 saturated carbocycles. The number of aryl methyl sites for hydroxylation is 1. The maximum atomic E-state index is 2.26. The van der Waals surface area contributed by atoms with Crippen molar-refractivity contribution in [2.75, 3.05) is 14.1 Å². The van der Waals surface area contributed by atoms with Crippen molar-refractivity contribution in [1.29, 1.82) is 0 Å². The topological polar surface area (TPSA) is 7.12 Å². The maximum Gasteiger partial charge on any atom is 0.228 e. The molecule has 0 aliphatic carbocycles. The highest BCUT2D eigenvalue weighted by atomic mass is 127. The standard InChI is InChI=1S/C17H21N2.HI/c1-4-19-13-9-8-12-16(19)17(18(2)3)14-15-10-6-5-7-11-15;/h5-14H,4H2,1-3H3;1H/q+1;/p-1. The molecule has 1 heterocycles. The van der Waals surface area contributed by atoms with Crippen LogP contribution in [0.15, 0.2) is 54.7 Å². The first-order valence-electron chi connectivity index (χ1n) is 6.65. The van der Waals surface area contributed by atoms with E-state index in [-0.39, 0.29) is 24.0 Å². The minimum Gasteiger partial charge on any atom is -1.00 e. The smallest absolute Gasteiger partial charge is 0.228 e. The maximum absolute atomic E-state index is 2.26. The molecule has 106 valence electrons. The molecule has 1 aromatic carbocycles. The molecule has 2 rings (SSSR count). The Morgan fingerprint density at radius 1 is 1.05 bits per heavy atom. The second-order valence-electron chi connectivity index (χ2n) is 4.71. The highest BCUT2D eigenvalue weighted by molar-refractivity contribution is 5.77. The zero-order valence-electron chi connectivity index (χ0n) is 12.3. The number of rotatable bonds is 4. The first-order chi connectivity index (χ1) is 9.22. The van der Waals surface area contributed by atoms with Gasteiger partial charge in [0.1, 0.15) is 12.2 Å². The molecule has 0 amide bonds. The monoisotopic (exact) mass is 380 g/mol. The van der Waals surface area contributed by atoms with Crippen molar-refractivity contribution in [2.45, 2.75) is 13.5 Å². The molecule has 0 unspecified atom stereocenters. The molecule has 20 heavy (non-hydrogen) atoms. The average Bonchev–Trinajstić information content (AvgIpc) is 2.45. The minimum absolute atomic E-state index is 0. The fourth-order valence-corrected chi connectivity index (χ4v) is 2.12. The zero-order chi connectivity index (χ0) is 13.7. The van der Waals surface area contributed by atoms with E-state index in [9.17, 15) is 0 Å². The lowest BCUT2D eigenvalue weighted by Crippen LogP contribution is -3.00. The van der Waals surface area contributed by atoms with Crippen molar-refractivity contribution in [3.8, 4) is 0 Å². The molecule has 2 aromatic rings. The summed E-state index contributed by atoms with van der Waals surface area (Å²) >= 11 is 0. The van der Waals surface area contributed by atoms with Gasteiger partial charge in [0, 0.05) is 26.2 Å². The van der Waals surface area contributed by atoms with Gasteiger partial charge in [0.25, 0.3) is 0 Å². The highest BCUT2D eigenvalue weighted by Gasteiger charge is 2.15. The zero-order valence-corrected chi connectivity index (χ0v) is 14.4. The van der Waals surface area contributed by atoms with Crippen molar-refractivity contribution in [3.63, 3.8) is 0 Å². The van der Waals surface area contributed by atoms with E-state index in [1.54, 1.807) is 0 Å². The van der Waals surface area contributed by atoms with Crippen LogP contribution in [0.5, 0.6) is 0 Å². The summed E-state index contributed by atoms with van der Waals surface area (Å²) in [5.41, 5.74) is 3.67. The van der Waals surface area contributed by atoms with E-state index in [4.69, 9.17) is 0 Å². The van der Waals surface area contributed by atoms with Gasteiger partial charge < -0.3 is 28.9 Å². The third-order valence-electron chi connectivity index (χ3n) is 3.13. The lowest BCUT2D eigenvalue weighted by Gasteiger charge is -2.16. The van der Waals surface area contributed by atoms with Crippen molar-refractivity contribution in [3.05, 3.63) is 66.0 Å². The Balaban J connectivity index is 0.00000200. The van der Waals surface area contributed by atoms with Crippen molar-refractivity contribution < 1.29 is 28.5 Å². The number of benzene rings is 1. The number of halogens is 1. The van der Waals surface area contributed by atoms with Crippen LogP contribution >= 0.6 is 0 Å². The summed E-state index contributed by atoms with van der Waals surface area (Å²) in [6.07, 6.45) is 4.35. The van der Waals surface area contributed by atoms with Crippen LogP contribution in [0, 0.1) is 0 Å². The van der Waals surface area contributed by atoms with E-state index in [0.29, 0.717) is 0 Å². The van der Waals surface area contributed by atoms with Crippen LogP contribution in [-0.4, -0.2) is 19.0 Å². The van der Waals surface area contributed by atoms with Crippen LogP contribution in [0.4, 0.5) is 0 Å². The SMILES string of the molecule is CC[n+]1ccccc1C(=Cc1ccccc1)N(C)C.[I-]. The van der Waals surface area contributed by atoms with Gasteiger partial charge in [-0.05, 0) is 24.6 Å². The third-order valence-corrected chi connectivity index (χ3v) is 3.13. The van der Waals surface area contributed by atoms with Crippen LogP contribution in [0.1, 0.15) is 18.2 Å². The van der Waals surface area contributed by atoms with E-state index >= 15 is 0 Å². The lowest BCUT2D eigenvalue weighted by molar-refractivity contribution is -0.696. The second-order valence-corrected chi connectivity index (χ2v) is 4.71. The summed E-state index contributed by atoms with van der Waals surface area (Å²) in [4.78, 5) is 2.16. The highest BCUT2D eigenvalue weighted by Crippen LogP contribution is 2.17. The lowest BCUT2D eigenvalue weighted by atomic mass is 10.1. The molecule has 2 nitrogen and oxygen atoms in total. The fourth-order valence-electron chi connectivity index (χ4n) is 2.12. The van der Waals surface area contributed by atoms with E-state index < -0.39 is 0 Å². The molecule has 0 atom stereocenters. The summed E-state index contributed by atoms with van der Waals surface area (Å²) in [5, 5.41) is 0. The van der Waals surface area contributed by atoms with Crippen LogP contribution < -0.4 is 28.5 Å². The summed E-state index contributed by atoms with van der Waals surface area (Å²) in [5.74, 6) is 0. The Morgan fingerprint density at radius 3 is 2.30 bits per heavy atom. The van der Waals surface area contributed by atoms with Gasteiger partial charge in [-0.15, -0.1) is 0 Å². The third kappa shape index (κ3) is 4.07. The summed E-state index contributed by atoms with van der Waals surface area (Å²) in [6.45, 7) is 3.13. The molecule has 3 heteroatoms. The van der Waals surface area contributed by atoms with Gasteiger partial charge in [0.15, 0.2) is 6.20 Å². The molecule has 0 spiro atoms. The Labute approximate surface area is 138 Å². The van der Waals surface area contributed by atoms with Gasteiger partial charge >= 0.3 is 0 Å². The van der Waals surface area contributed by atoms with E-state index in [0.717, 1.165) is 6.54 Å². The van der Waals surface area contributed by atoms with Gasteiger partial charge in [-0.3, -0.25) is 0 Å². The molecule has 0 aliphatic rings. The van der Waals surface area contributed by atoms with E-state index in [2.05, 4.69) is 85.2 Å². The predicted molar refractivity (Wildman–Crippen MR) is 80.3 cm³/mol. The number of hydrogen-bond acceptors (Lipinski definition) is 1. The van der Waals surface area contributed by atoms with Gasteiger partial charge in [0.05, 0.1) is 0 Å². The number of nitrogens with zero attached hydrogens (tertiary/aromatic N) is 2. The van der Waals surface area contributed by atoms with E-state index in [1.807, 2.05) is 6.07 Å². The Bertz CT molecular complexity index is 562. The van der Waals surface area contributed by atoms with Gasteiger partial charge in [-0.2, -0.15) is 4.57 Å². The van der Waals surface area contributed by atoms with Crippen LogP contribution in [0.2, 0.25) is 0 Å². The fraction of sp³-hybridized carbons (Fsp3) is 0.235. The van der Waals surface area contributed by atoms with Crippen molar-refractivity contribution >= 4 is 11.8 Å². The molecule has 1 aromatic heterocycles. The molecule has 0 N–H and O–H groups in total. The normalized spacial score (nSPS) is 10.8. The van der Waals surface area contributed by atoms with Crippen LogP contribution in [-0.2, 0) is 6.54 Å². The van der Waals surface area contributed by atoms with Crippen LogP contribution in [0.3, 0.4) is 0 Å². The Hall–Kier alpha value is -1.36. The molecule has 0 fully saturated rings. The Kier molecular flexibility index (Phi) is 6.71. The molecule has 0 saturated heterocycles. The van der Waals surface area contributed by atoms with Crippen molar-refractivity contribution in [2.24, 2.45) is 0 Å². The first-order valence-corrected chi connectivity index (χ1v) is 6.65. The summed E-state index contributed by atoms with van der Waals surface area (Å²) in [7, 11) is 4.17. The summed E-state index contributed by atoms with van der Waals surface area (Å²) < 4.78 is 2.26. The van der Waals surface area contributed by atoms with Crippen LogP contribution in [0.25, 0.3) is 11.8 Å². The molecular formula is C17H21IN2. The second kappa shape index (κ2) is 8.04. The average molecular weight is 380 g/mol. The van der Waals surface area contributed by atoms with Gasteiger partial charge in [-0.1, -0.05) is 30.3 Å². The quantitative estimate of drug-likeness (QED) is 0.538. The number of pyridine rings is 1. The molecular weight excluding hydrogens is 359 g/mol. The first kappa shape index (κ1) is 16.7. The van der Waals surface area contributed by atoms with Crippen molar-refractivity contribution in [1.82, 2.24) is 4.90 Å². The van der Waals surface area contributed by atoms with Gasteiger partial charge in [-0.25, -0.2) is 0 Å². The predicted octanol–water partition coefficient (Wildman–Crippen LogP) is 0.0577. The van der Waals surface area contributed by atoms with E-state index in [1.165, 1.54) is 17.0 Å². The Morgan fingerprint density at radius 2 is 1.70 bits per heavy atom. The molecule has 0 aliphatic heterocycles. The largest absolute Gasteiger partial charge is 1.00 e. The van der Waals surface area contributed by atoms with Gasteiger partial charge in [0.2, 0.25) is 5.69 Å². The summed E-state index contributed by atoms with van der Waals surface area (Å²) in [6, 6.07) is 16.8. The minimum atomic E-state index is 0. The number of hydrogen-bond donors (Lipinski definition) is 0.